The van der Waals surface area contributed by atoms with Crippen LogP contribution >= 0.6 is 50.5 Å². The largest absolute Gasteiger partial charge is 0.321 e. The Hall–Kier alpha value is -0.550. The van der Waals surface area contributed by atoms with Gasteiger partial charge in [0, 0.05) is 19.8 Å². The summed E-state index contributed by atoms with van der Waals surface area (Å²) in [5.74, 6) is 0.869. The summed E-state index contributed by atoms with van der Waals surface area (Å²) in [6.45, 7) is 2.70. The van der Waals surface area contributed by atoms with Crippen LogP contribution in [0, 0.1) is 0 Å². The minimum absolute atomic E-state index is 0.149. The lowest BCUT2D eigenvalue weighted by atomic mass is 10.3. The number of benzene rings is 1. The maximum Gasteiger partial charge on any atom is 0.128 e. The maximum absolute atomic E-state index is 6.27. The molecule has 0 spiro atoms. The van der Waals surface area contributed by atoms with Gasteiger partial charge in [0.05, 0.1) is 23.0 Å². The topological polar surface area (TPSA) is 17.8 Å². The minimum Gasteiger partial charge on any atom is -0.321 e. The zero-order valence-corrected chi connectivity index (χ0v) is 14.5. The molecule has 0 saturated heterocycles. The summed E-state index contributed by atoms with van der Waals surface area (Å²) in [5.41, 5.74) is 1.94. The fraction of sp³-hybridized carbons (Fsp3) is 0.214. The Balaban J connectivity index is 2.13. The molecule has 3 rings (SSSR count). The smallest absolute Gasteiger partial charge is 0.128 e. The Kier molecular flexibility index (Phi) is 4.09. The number of imidazole rings is 1. The molecule has 20 heavy (non-hydrogen) atoms. The number of alkyl halides is 1. The summed E-state index contributed by atoms with van der Waals surface area (Å²) < 4.78 is 3.26. The first-order valence-electron chi connectivity index (χ1n) is 6.07. The van der Waals surface area contributed by atoms with E-state index in [4.69, 9.17) is 23.2 Å². The molecule has 0 aliphatic heterocycles. The molecule has 104 valence electrons. The molecule has 2 nitrogen and oxygen atoms in total. The van der Waals surface area contributed by atoms with E-state index in [1.807, 2.05) is 25.1 Å². The molecule has 0 aliphatic carbocycles. The van der Waals surface area contributed by atoms with Crippen molar-refractivity contribution in [2.24, 2.45) is 0 Å². The van der Waals surface area contributed by atoms with E-state index in [2.05, 4.69) is 36.9 Å². The predicted octanol–water partition coefficient (Wildman–Crippen LogP) is 5.86. The van der Waals surface area contributed by atoms with Crippen molar-refractivity contribution in [3.8, 4) is 0 Å². The second kappa shape index (κ2) is 5.68. The third kappa shape index (κ3) is 2.75. The van der Waals surface area contributed by atoms with Crippen LogP contribution in [0.25, 0.3) is 11.0 Å². The normalized spacial score (nSPS) is 13.0. The van der Waals surface area contributed by atoms with Crippen LogP contribution in [0.3, 0.4) is 0 Å². The summed E-state index contributed by atoms with van der Waals surface area (Å²) in [7, 11) is 0. The second-order valence-corrected chi connectivity index (χ2v) is 7.54. The summed E-state index contributed by atoms with van der Waals surface area (Å²) in [6, 6.07) is 7.88. The van der Waals surface area contributed by atoms with Crippen molar-refractivity contribution in [3.63, 3.8) is 0 Å². The van der Waals surface area contributed by atoms with Crippen LogP contribution < -0.4 is 0 Å². The Morgan fingerprint density at radius 1 is 1.40 bits per heavy atom. The molecule has 0 saturated carbocycles. The van der Waals surface area contributed by atoms with Crippen LogP contribution in [0.15, 0.2) is 34.1 Å². The molecule has 0 bridgehead atoms. The van der Waals surface area contributed by atoms with Crippen LogP contribution in [0.2, 0.25) is 5.02 Å². The summed E-state index contributed by atoms with van der Waals surface area (Å²) in [4.78, 5) is 5.87. The van der Waals surface area contributed by atoms with Crippen LogP contribution in [-0.4, -0.2) is 9.55 Å². The summed E-state index contributed by atoms with van der Waals surface area (Å²) in [6.07, 6.45) is 0. The third-order valence-corrected chi connectivity index (χ3v) is 5.14. The number of aromatic nitrogens is 2. The number of rotatable bonds is 3. The molecule has 1 unspecified atom stereocenters. The van der Waals surface area contributed by atoms with Crippen LogP contribution in [0.1, 0.15) is 23.0 Å². The van der Waals surface area contributed by atoms with Crippen LogP contribution in [0.5, 0.6) is 0 Å². The first-order chi connectivity index (χ1) is 9.54. The lowest BCUT2D eigenvalue weighted by molar-refractivity contribution is 0.750. The molecule has 3 aromatic rings. The second-order valence-electron chi connectivity index (χ2n) is 4.54. The Morgan fingerprint density at radius 2 is 2.20 bits per heavy atom. The highest BCUT2D eigenvalue weighted by Crippen LogP contribution is 2.29. The third-order valence-electron chi connectivity index (χ3n) is 3.03. The lowest BCUT2D eigenvalue weighted by Crippen LogP contribution is -2.04. The van der Waals surface area contributed by atoms with Gasteiger partial charge in [-0.05, 0) is 47.1 Å². The van der Waals surface area contributed by atoms with E-state index < -0.39 is 0 Å². The molecule has 0 aliphatic rings. The highest BCUT2D eigenvalue weighted by molar-refractivity contribution is 9.10. The quantitative estimate of drug-likeness (QED) is 0.512. The SMILES string of the molecule is CC(Cl)c1nc2cc(Cl)ccc2n1Cc1cc(Br)cs1. The first-order valence-corrected chi connectivity index (χ1v) is 8.56. The van der Waals surface area contributed by atoms with Crippen molar-refractivity contribution in [2.75, 3.05) is 0 Å². The number of nitrogens with zero attached hydrogens (tertiary/aromatic N) is 2. The monoisotopic (exact) mass is 388 g/mol. The van der Waals surface area contributed by atoms with Gasteiger partial charge in [-0.25, -0.2) is 4.98 Å². The number of hydrogen-bond acceptors (Lipinski definition) is 2. The van der Waals surface area contributed by atoms with Gasteiger partial charge in [-0.1, -0.05) is 11.6 Å². The standard InChI is InChI=1S/C14H11BrCl2N2S/c1-8(16)14-18-12-5-10(17)2-3-13(12)19(14)6-11-4-9(15)7-20-11/h2-5,7-8H,6H2,1H3. The van der Waals surface area contributed by atoms with Crippen molar-refractivity contribution in [3.05, 3.63) is 49.8 Å². The molecule has 6 heteroatoms. The molecule has 2 aromatic heterocycles. The average Bonchev–Trinajstić information content (AvgIpc) is 2.94. The fourth-order valence-electron chi connectivity index (χ4n) is 2.18. The molecule has 1 atom stereocenters. The highest BCUT2D eigenvalue weighted by Gasteiger charge is 2.16. The van der Waals surface area contributed by atoms with Crippen molar-refractivity contribution in [1.82, 2.24) is 9.55 Å². The molecule has 0 N–H and O–H groups in total. The molecule has 1 aromatic carbocycles. The van der Waals surface area contributed by atoms with E-state index in [-0.39, 0.29) is 5.38 Å². The van der Waals surface area contributed by atoms with Crippen molar-refractivity contribution < 1.29 is 0 Å². The first kappa shape index (κ1) is 14.4. The Bertz CT molecular complexity index is 764. The zero-order valence-electron chi connectivity index (χ0n) is 10.6. The molecule has 0 fully saturated rings. The van der Waals surface area contributed by atoms with E-state index in [1.165, 1.54) is 4.88 Å². The van der Waals surface area contributed by atoms with Crippen LogP contribution in [-0.2, 0) is 6.54 Å². The molecule has 0 radical (unpaired) electrons. The lowest BCUT2D eigenvalue weighted by Gasteiger charge is -2.09. The minimum atomic E-state index is -0.149. The fourth-order valence-corrected chi connectivity index (χ4v) is 3.96. The molecular formula is C14H11BrCl2N2S. The maximum atomic E-state index is 6.27. The van der Waals surface area contributed by atoms with Gasteiger partial charge in [-0.3, -0.25) is 0 Å². The van der Waals surface area contributed by atoms with Crippen LogP contribution in [0.4, 0.5) is 0 Å². The summed E-state index contributed by atoms with van der Waals surface area (Å²) >= 11 is 17.5. The molecule has 2 heterocycles. The van der Waals surface area contributed by atoms with Gasteiger partial charge in [-0.2, -0.15) is 0 Å². The summed E-state index contributed by atoms with van der Waals surface area (Å²) in [5, 5.41) is 2.62. The Labute approximate surface area is 139 Å². The number of halogens is 3. The van der Waals surface area contributed by atoms with Gasteiger partial charge in [0.1, 0.15) is 5.82 Å². The highest BCUT2D eigenvalue weighted by atomic mass is 79.9. The average molecular weight is 390 g/mol. The number of fused-ring (bicyclic) bond motifs is 1. The molecule has 0 amide bonds. The molecular weight excluding hydrogens is 379 g/mol. The van der Waals surface area contributed by atoms with E-state index in [1.54, 1.807) is 11.3 Å². The van der Waals surface area contributed by atoms with E-state index in [0.717, 1.165) is 27.9 Å². The van der Waals surface area contributed by atoms with Crippen molar-refractivity contribution in [2.45, 2.75) is 18.8 Å². The Morgan fingerprint density at radius 3 is 2.85 bits per heavy atom. The van der Waals surface area contributed by atoms with Crippen molar-refractivity contribution >= 4 is 61.5 Å². The van der Waals surface area contributed by atoms with Gasteiger partial charge in [0.25, 0.3) is 0 Å². The van der Waals surface area contributed by atoms with Gasteiger partial charge >= 0.3 is 0 Å². The van der Waals surface area contributed by atoms with Crippen molar-refractivity contribution in [1.29, 1.82) is 0 Å². The number of thiophene rings is 1. The van der Waals surface area contributed by atoms with E-state index in [0.29, 0.717) is 5.02 Å². The van der Waals surface area contributed by atoms with Gasteiger partial charge in [-0.15, -0.1) is 22.9 Å². The number of hydrogen-bond donors (Lipinski definition) is 0. The zero-order chi connectivity index (χ0) is 14.3. The van der Waals surface area contributed by atoms with Gasteiger partial charge < -0.3 is 4.57 Å². The van der Waals surface area contributed by atoms with E-state index >= 15 is 0 Å². The van der Waals surface area contributed by atoms with Gasteiger partial charge in [0.15, 0.2) is 0 Å². The predicted molar refractivity (Wildman–Crippen MR) is 90.1 cm³/mol. The van der Waals surface area contributed by atoms with Gasteiger partial charge in [0.2, 0.25) is 0 Å². The van der Waals surface area contributed by atoms with E-state index in [9.17, 15) is 0 Å².